The van der Waals surface area contributed by atoms with Gasteiger partial charge in [-0.15, -0.1) is 0 Å². The Morgan fingerprint density at radius 2 is 2.08 bits per heavy atom. The number of ether oxygens (including phenoxy) is 2. The molecule has 0 unspecified atom stereocenters. The number of carbonyl (C=O) groups is 1. The quantitative estimate of drug-likeness (QED) is 0.595. The Balaban J connectivity index is 2.34. The van der Waals surface area contributed by atoms with Crippen LogP contribution in [0.1, 0.15) is 18.1 Å². The molecule has 0 bridgehead atoms. The first-order valence-corrected chi connectivity index (χ1v) is 8.36. The van der Waals surface area contributed by atoms with Crippen molar-refractivity contribution >= 4 is 29.3 Å². The number of nitriles is 1. The number of nitrogens with zero attached hydrogens (tertiary/aromatic N) is 1. The number of anilines is 1. The first-order chi connectivity index (χ1) is 12.5. The Morgan fingerprint density at radius 3 is 2.73 bits per heavy atom. The molecule has 0 aliphatic carbocycles. The molecule has 0 spiro atoms. The summed E-state index contributed by atoms with van der Waals surface area (Å²) in [5, 5.41) is 12.6. The lowest BCUT2D eigenvalue weighted by Gasteiger charge is -2.11. The van der Waals surface area contributed by atoms with Crippen molar-refractivity contribution in [3.8, 4) is 17.6 Å². The van der Waals surface area contributed by atoms with Crippen LogP contribution in [0.5, 0.6) is 11.5 Å². The standard InChI is InChI=1S/C20H19ClN2O3/c1-4-26-19-11-17(25-3)8-6-14(19)9-15(12-22)20(24)23-18-10-16(21)7-5-13(18)2/h5-11H,4H2,1-3H3,(H,23,24)/b15-9+. The van der Waals surface area contributed by atoms with E-state index in [1.807, 2.05) is 19.9 Å². The molecule has 0 aromatic heterocycles. The van der Waals surface area contributed by atoms with Crippen LogP contribution in [0.4, 0.5) is 5.69 Å². The highest BCUT2D eigenvalue weighted by atomic mass is 35.5. The molecule has 0 aliphatic rings. The van der Waals surface area contributed by atoms with Crippen molar-refractivity contribution in [2.75, 3.05) is 19.0 Å². The Bertz CT molecular complexity index is 885. The number of nitrogens with one attached hydrogen (secondary N) is 1. The predicted molar refractivity (Wildman–Crippen MR) is 103 cm³/mol. The van der Waals surface area contributed by atoms with Crippen LogP contribution in [0.2, 0.25) is 5.02 Å². The highest BCUT2D eigenvalue weighted by Crippen LogP contribution is 2.27. The highest BCUT2D eigenvalue weighted by Gasteiger charge is 2.13. The molecule has 0 saturated carbocycles. The van der Waals surface area contributed by atoms with Crippen molar-refractivity contribution in [2.24, 2.45) is 0 Å². The zero-order valence-electron chi connectivity index (χ0n) is 14.8. The van der Waals surface area contributed by atoms with Crippen molar-refractivity contribution < 1.29 is 14.3 Å². The van der Waals surface area contributed by atoms with E-state index in [9.17, 15) is 10.1 Å². The maximum atomic E-state index is 12.5. The van der Waals surface area contributed by atoms with Crippen LogP contribution in [-0.4, -0.2) is 19.6 Å². The highest BCUT2D eigenvalue weighted by molar-refractivity contribution is 6.31. The van der Waals surface area contributed by atoms with E-state index in [1.54, 1.807) is 43.5 Å². The number of methoxy groups -OCH3 is 1. The zero-order chi connectivity index (χ0) is 19.1. The fourth-order valence-corrected chi connectivity index (χ4v) is 2.44. The molecule has 0 fully saturated rings. The summed E-state index contributed by atoms with van der Waals surface area (Å²) in [4.78, 5) is 12.5. The largest absolute Gasteiger partial charge is 0.497 e. The second-order valence-corrected chi connectivity index (χ2v) is 5.86. The first kappa shape index (κ1) is 19.4. The van der Waals surface area contributed by atoms with E-state index < -0.39 is 5.91 Å². The molecule has 1 amide bonds. The Labute approximate surface area is 157 Å². The number of benzene rings is 2. The lowest BCUT2D eigenvalue weighted by molar-refractivity contribution is -0.112. The van der Waals surface area contributed by atoms with Gasteiger partial charge in [0.25, 0.3) is 5.91 Å². The smallest absolute Gasteiger partial charge is 0.266 e. The van der Waals surface area contributed by atoms with Gasteiger partial charge in [0.05, 0.1) is 13.7 Å². The monoisotopic (exact) mass is 370 g/mol. The third-order valence-corrected chi connectivity index (χ3v) is 3.87. The van der Waals surface area contributed by atoms with Crippen molar-refractivity contribution in [3.05, 3.63) is 58.1 Å². The normalized spacial score (nSPS) is 10.8. The fraction of sp³-hybridized carbons (Fsp3) is 0.200. The Morgan fingerprint density at radius 1 is 1.31 bits per heavy atom. The maximum Gasteiger partial charge on any atom is 0.266 e. The van der Waals surface area contributed by atoms with Gasteiger partial charge in [-0.1, -0.05) is 17.7 Å². The van der Waals surface area contributed by atoms with Gasteiger partial charge in [0.15, 0.2) is 0 Å². The topological polar surface area (TPSA) is 71.3 Å². The molecule has 0 heterocycles. The molecule has 6 heteroatoms. The van der Waals surface area contributed by atoms with Gasteiger partial charge in [-0.2, -0.15) is 5.26 Å². The van der Waals surface area contributed by atoms with Crippen LogP contribution in [0.15, 0.2) is 42.0 Å². The van der Waals surface area contributed by atoms with Gasteiger partial charge in [-0.25, -0.2) is 0 Å². The molecule has 26 heavy (non-hydrogen) atoms. The van der Waals surface area contributed by atoms with Crippen LogP contribution in [0, 0.1) is 18.3 Å². The number of hydrogen-bond donors (Lipinski definition) is 1. The number of rotatable bonds is 6. The minimum atomic E-state index is -0.517. The summed E-state index contributed by atoms with van der Waals surface area (Å²) in [6.45, 7) is 4.15. The summed E-state index contributed by atoms with van der Waals surface area (Å²) in [5.41, 5.74) is 1.97. The number of carbonyl (C=O) groups excluding carboxylic acids is 1. The summed E-state index contributed by atoms with van der Waals surface area (Å²) in [6, 6.07) is 12.3. The van der Waals surface area contributed by atoms with Crippen LogP contribution < -0.4 is 14.8 Å². The molecule has 0 saturated heterocycles. The van der Waals surface area contributed by atoms with E-state index in [2.05, 4.69) is 5.32 Å². The van der Waals surface area contributed by atoms with Crippen molar-refractivity contribution in [2.45, 2.75) is 13.8 Å². The van der Waals surface area contributed by atoms with E-state index in [0.29, 0.717) is 34.4 Å². The third-order valence-electron chi connectivity index (χ3n) is 3.63. The second kappa shape index (κ2) is 8.93. The van der Waals surface area contributed by atoms with Gasteiger partial charge >= 0.3 is 0 Å². The van der Waals surface area contributed by atoms with E-state index >= 15 is 0 Å². The van der Waals surface area contributed by atoms with E-state index in [4.69, 9.17) is 21.1 Å². The summed E-state index contributed by atoms with van der Waals surface area (Å²) in [6.07, 6.45) is 1.49. The molecule has 134 valence electrons. The third kappa shape index (κ3) is 4.78. The number of amides is 1. The van der Waals surface area contributed by atoms with Crippen molar-refractivity contribution in [1.29, 1.82) is 5.26 Å². The molecule has 5 nitrogen and oxygen atoms in total. The average molecular weight is 371 g/mol. The molecule has 0 radical (unpaired) electrons. The summed E-state index contributed by atoms with van der Waals surface area (Å²) >= 11 is 5.97. The molecular formula is C20H19ClN2O3. The van der Waals surface area contributed by atoms with Crippen LogP contribution in [0.25, 0.3) is 6.08 Å². The van der Waals surface area contributed by atoms with Crippen molar-refractivity contribution in [3.63, 3.8) is 0 Å². The summed E-state index contributed by atoms with van der Waals surface area (Å²) in [7, 11) is 1.56. The van der Waals surface area contributed by atoms with E-state index in [1.165, 1.54) is 6.08 Å². The van der Waals surface area contributed by atoms with E-state index in [-0.39, 0.29) is 5.57 Å². The molecule has 1 N–H and O–H groups in total. The zero-order valence-corrected chi connectivity index (χ0v) is 15.6. The molecule has 2 aromatic rings. The number of aryl methyl sites for hydroxylation is 1. The van der Waals surface area contributed by atoms with Gasteiger partial charge < -0.3 is 14.8 Å². The number of halogens is 1. The molecule has 0 aliphatic heterocycles. The lowest BCUT2D eigenvalue weighted by atomic mass is 10.1. The molecular weight excluding hydrogens is 352 g/mol. The van der Waals surface area contributed by atoms with Gasteiger partial charge in [-0.05, 0) is 49.8 Å². The van der Waals surface area contributed by atoms with Gasteiger partial charge in [0, 0.05) is 22.3 Å². The first-order valence-electron chi connectivity index (χ1n) is 7.98. The maximum absolute atomic E-state index is 12.5. The lowest BCUT2D eigenvalue weighted by Crippen LogP contribution is -2.14. The van der Waals surface area contributed by atoms with E-state index in [0.717, 1.165) is 5.56 Å². The van der Waals surface area contributed by atoms with Crippen LogP contribution in [-0.2, 0) is 4.79 Å². The molecule has 0 atom stereocenters. The van der Waals surface area contributed by atoms with Gasteiger partial charge in [0.2, 0.25) is 0 Å². The number of hydrogen-bond acceptors (Lipinski definition) is 4. The summed E-state index contributed by atoms with van der Waals surface area (Å²) in [5.74, 6) is 0.644. The minimum Gasteiger partial charge on any atom is -0.497 e. The minimum absolute atomic E-state index is 0.0458. The van der Waals surface area contributed by atoms with Crippen molar-refractivity contribution in [1.82, 2.24) is 0 Å². The SMILES string of the molecule is CCOc1cc(OC)ccc1/C=C(\C#N)C(=O)Nc1cc(Cl)ccc1C. The average Bonchev–Trinajstić information content (AvgIpc) is 2.63. The van der Waals surface area contributed by atoms with Crippen LogP contribution >= 0.6 is 11.6 Å². The van der Waals surface area contributed by atoms with Crippen LogP contribution in [0.3, 0.4) is 0 Å². The Kier molecular flexibility index (Phi) is 6.65. The second-order valence-electron chi connectivity index (χ2n) is 5.42. The summed E-state index contributed by atoms with van der Waals surface area (Å²) < 4.78 is 10.8. The van der Waals surface area contributed by atoms with Gasteiger partial charge in [-0.3, -0.25) is 4.79 Å². The Hall–Kier alpha value is -2.97. The van der Waals surface area contributed by atoms with Gasteiger partial charge in [0.1, 0.15) is 23.1 Å². The molecule has 2 rings (SSSR count). The predicted octanol–water partition coefficient (Wildman–Crippen LogP) is 4.60. The molecule has 2 aromatic carbocycles. The fourth-order valence-electron chi connectivity index (χ4n) is 2.26.